The zero-order chi connectivity index (χ0) is 42.5. The van der Waals surface area contributed by atoms with Gasteiger partial charge >= 0.3 is 11.7 Å². The highest BCUT2D eigenvalue weighted by atomic mass is 32.2. The van der Waals surface area contributed by atoms with Crippen LogP contribution in [0.25, 0.3) is 21.8 Å². The molecule has 11 nitrogen and oxygen atoms in total. The molecule has 0 unspecified atom stereocenters. The number of hydrogen-bond acceptors (Lipinski definition) is 7. The molecule has 0 aliphatic carbocycles. The summed E-state index contributed by atoms with van der Waals surface area (Å²) in [6.07, 6.45) is 8.06. The van der Waals surface area contributed by atoms with Gasteiger partial charge in [-0.25, -0.2) is 17.6 Å². The zero-order valence-electron chi connectivity index (χ0n) is 34.8. The third kappa shape index (κ3) is 8.37. The lowest BCUT2D eigenvalue weighted by atomic mass is 10.1. The lowest BCUT2D eigenvalue weighted by Crippen LogP contribution is -2.33. The van der Waals surface area contributed by atoms with Crippen LogP contribution in [0.2, 0.25) is 0 Å². The van der Waals surface area contributed by atoms with E-state index >= 15 is 0 Å². The summed E-state index contributed by atoms with van der Waals surface area (Å²) in [4.78, 5) is 4.83. The van der Waals surface area contributed by atoms with Crippen LogP contribution < -0.4 is 14.4 Å². The van der Waals surface area contributed by atoms with Crippen LogP contribution in [0.4, 0.5) is 34.1 Å². The Bertz CT molecular complexity index is 2920. The Morgan fingerprint density at radius 3 is 1.82 bits per heavy atom. The second kappa shape index (κ2) is 17.8. The van der Waals surface area contributed by atoms with Crippen molar-refractivity contribution in [2.24, 2.45) is 17.3 Å². The number of unbranched alkanes of at least 4 members (excludes halogenated alkanes) is 2. The minimum absolute atomic E-state index is 0.184. The van der Waals surface area contributed by atoms with Gasteiger partial charge in [-0.2, -0.15) is 0 Å². The van der Waals surface area contributed by atoms with E-state index < -0.39 is 10.1 Å². The molecule has 12 heteroatoms. The smallest absolute Gasteiger partial charge is 0.470 e. The highest BCUT2D eigenvalue weighted by Crippen LogP contribution is 2.47. The topological polar surface area (TPSA) is 103 Å². The van der Waals surface area contributed by atoms with Crippen molar-refractivity contribution in [2.45, 2.75) is 44.0 Å². The van der Waals surface area contributed by atoms with Gasteiger partial charge in [-0.3, -0.25) is 0 Å². The van der Waals surface area contributed by atoms with Crippen molar-refractivity contribution < 1.29 is 26.7 Å². The SMILES string of the molecule is C=[N+]1C(/C=N/N=C/c2n(CCCCN3c4ccccc4N(CCCC)c4ccccc43)c3ccccc3[n+]2C)=[N+](C)c2ccccc21.O=S(=O)([O-])c1ccc2ccccc2c1. The molecule has 2 aliphatic heterocycles. The van der Waals surface area contributed by atoms with Crippen LogP contribution in [-0.2, 0) is 23.7 Å². The molecule has 0 spiro atoms. The van der Waals surface area contributed by atoms with Crippen molar-refractivity contribution in [3.63, 3.8) is 0 Å². The molecule has 1 aromatic heterocycles. The highest BCUT2D eigenvalue weighted by Gasteiger charge is 2.38. The summed E-state index contributed by atoms with van der Waals surface area (Å²) in [6.45, 7) is 9.34. The van der Waals surface area contributed by atoms with E-state index in [0.29, 0.717) is 0 Å². The first-order valence-corrected chi connectivity index (χ1v) is 22.1. The van der Waals surface area contributed by atoms with E-state index in [1.54, 1.807) is 24.4 Å². The largest absolute Gasteiger partial charge is 0.744 e. The van der Waals surface area contributed by atoms with Crippen LogP contribution in [0.15, 0.2) is 155 Å². The molecular formula is C49H50N8O3S+2. The lowest BCUT2D eigenvalue weighted by molar-refractivity contribution is -0.646. The van der Waals surface area contributed by atoms with Gasteiger partial charge in [0.15, 0.2) is 17.2 Å². The number of nitrogens with zero attached hydrogens (tertiary/aromatic N) is 8. The maximum atomic E-state index is 10.7. The molecule has 0 amide bonds. The third-order valence-electron chi connectivity index (χ3n) is 11.4. The van der Waals surface area contributed by atoms with Gasteiger partial charge in [0, 0.05) is 25.2 Å². The molecule has 9 rings (SSSR count). The molecule has 3 heterocycles. The molecule has 61 heavy (non-hydrogen) atoms. The van der Waals surface area contributed by atoms with Gasteiger partial charge < -0.3 is 14.4 Å². The van der Waals surface area contributed by atoms with Crippen LogP contribution in [0.1, 0.15) is 38.4 Å². The number of hydrogen-bond donors (Lipinski definition) is 0. The monoisotopic (exact) mass is 830 g/mol. The summed E-state index contributed by atoms with van der Waals surface area (Å²) in [5.74, 6) is 1.89. The number of rotatable bonds is 12. The van der Waals surface area contributed by atoms with Crippen molar-refractivity contribution in [2.75, 3.05) is 29.9 Å². The number of benzene rings is 6. The van der Waals surface area contributed by atoms with Crippen molar-refractivity contribution in [1.29, 1.82) is 0 Å². The van der Waals surface area contributed by atoms with E-state index in [1.807, 2.05) is 42.1 Å². The fourth-order valence-electron chi connectivity index (χ4n) is 8.29. The lowest BCUT2D eigenvalue weighted by Gasteiger charge is -2.40. The van der Waals surface area contributed by atoms with E-state index in [2.05, 4.69) is 139 Å². The fourth-order valence-corrected chi connectivity index (χ4v) is 8.79. The number of imidazole rings is 1. The molecule has 7 aromatic rings. The van der Waals surface area contributed by atoms with Gasteiger partial charge in [0.05, 0.1) is 41.2 Å². The third-order valence-corrected chi connectivity index (χ3v) is 12.2. The van der Waals surface area contributed by atoms with E-state index in [4.69, 9.17) is 0 Å². The molecule has 0 saturated carbocycles. The van der Waals surface area contributed by atoms with Gasteiger partial charge in [-0.1, -0.05) is 92.2 Å². The molecule has 0 fully saturated rings. The maximum Gasteiger partial charge on any atom is 0.470 e. The predicted octanol–water partition coefficient (Wildman–Crippen LogP) is 9.22. The van der Waals surface area contributed by atoms with Crippen LogP contribution in [0.3, 0.4) is 0 Å². The van der Waals surface area contributed by atoms with Gasteiger partial charge in [0.25, 0.3) is 11.4 Å². The number of anilines is 4. The number of aryl methyl sites for hydroxylation is 2. The van der Waals surface area contributed by atoms with Crippen molar-refractivity contribution in [3.05, 3.63) is 145 Å². The molecule has 2 aliphatic rings. The Morgan fingerprint density at radius 1 is 0.639 bits per heavy atom. The Labute approximate surface area is 357 Å². The van der Waals surface area contributed by atoms with Gasteiger partial charge in [-0.05, 0) is 78.6 Å². The molecule has 6 aromatic carbocycles. The maximum absolute atomic E-state index is 10.7. The average Bonchev–Trinajstić information content (AvgIpc) is 3.69. The summed E-state index contributed by atoms with van der Waals surface area (Å²) in [6, 6.07) is 46.1. The van der Waals surface area contributed by atoms with Gasteiger partial charge in [0.2, 0.25) is 0 Å². The van der Waals surface area contributed by atoms with Crippen LogP contribution in [0, 0.1) is 0 Å². The normalized spacial score (nSPS) is 13.6. The van der Waals surface area contributed by atoms with Crippen LogP contribution >= 0.6 is 0 Å². The Morgan fingerprint density at radius 2 is 1.18 bits per heavy atom. The van der Waals surface area contributed by atoms with Crippen molar-refractivity contribution in [3.8, 4) is 0 Å². The second-order valence-corrected chi connectivity index (χ2v) is 16.6. The first-order valence-electron chi connectivity index (χ1n) is 20.7. The molecule has 0 atom stereocenters. The molecular weight excluding hydrogens is 781 g/mol. The number of aromatic nitrogens is 2. The van der Waals surface area contributed by atoms with E-state index in [-0.39, 0.29) is 4.90 Å². The molecule has 0 N–H and O–H groups in total. The first kappa shape index (κ1) is 41.0. The summed E-state index contributed by atoms with van der Waals surface area (Å²) in [5.41, 5.74) is 9.71. The summed E-state index contributed by atoms with van der Waals surface area (Å²) in [7, 11) is -0.219. The Kier molecular flexibility index (Phi) is 12.0. The van der Waals surface area contributed by atoms with Crippen molar-refractivity contribution >= 4 is 91.0 Å². The van der Waals surface area contributed by atoms with Crippen molar-refractivity contribution in [1.82, 2.24) is 4.57 Å². The number of amidine groups is 1. The predicted molar refractivity (Wildman–Crippen MR) is 246 cm³/mol. The van der Waals surface area contributed by atoms with Gasteiger partial charge in [0.1, 0.15) is 30.1 Å². The molecule has 308 valence electrons. The standard InChI is InChI=1S/C39H43N8.C10H8O3S/c1-5-6-25-45-34-21-11-13-23-36(34)46(37-24-14-12-22-35(37)45)26-15-16-27-47-33-20-10-9-19-32(33)44(4)39(47)29-41-40-28-38-42(2)30-17-7-8-18-31(30)43(38)3;11-14(12,13)10-6-5-8-3-1-2-4-9(8)7-10/h7-14,17-24,28-29H,2,5-6,15-16,25-27H2,1,3-4H3;1-7H,(H,11,12,13)/q+3;/p-1. The number of fused-ring (bicyclic) bond motifs is 5. The van der Waals surface area contributed by atoms with E-state index in [0.717, 1.165) is 66.3 Å². The Balaban J connectivity index is 0.000000310. The molecule has 0 radical (unpaired) electrons. The second-order valence-electron chi connectivity index (χ2n) is 15.2. The average molecular weight is 831 g/mol. The van der Waals surface area contributed by atoms with E-state index in [9.17, 15) is 13.0 Å². The number of para-hydroxylation sites is 8. The summed E-state index contributed by atoms with van der Waals surface area (Å²) >= 11 is 0. The first-order chi connectivity index (χ1) is 29.7. The highest BCUT2D eigenvalue weighted by molar-refractivity contribution is 7.85. The minimum Gasteiger partial charge on any atom is -0.744 e. The zero-order valence-corrected chi connectivity index (χ0v) is 35.6. The van der Waals surface area contributed by atoms with E-state index in [1.165, 1.54) is 58.8 Å². The minimum atomic E-state index is -4.34. The summed E-state index contributed by atoms with van der Waals surface area (Å²) < 4.78 is 40.7. The van der Waals surface area contributed by atoms with Gasteiger partial charge in [-0.15, -0.1) is 19.4 Å². The summed E-state index contributed by atoms with van der Waals surface area (Å²) in [5, 5.41) is 10.6. The Hall–Kier alpha value is -6.76. The fraction of sp³-hybridized carbons (Fsp3) is 0.204. The molecule has 0 bridgehead atoms. The quantitative estimate of drug-likeness (QED) is 0.0402. The van der Waals surface area contributed by atoms with Crippen LogP contribution in [-0.4, -0.2) is 71.8 Å². The molecule has 0 saturated heterocycles. The van der Waals surface area contributed by atoms with Crippen LogP contribution in [0.5, 0.6) is 0 Å².